The average molecular weight is 377 g/mol. The Morgan fingerprint density at radius 2 is 2.12 bits per heavy atom. The van der Waals surface area contributed by atoms with Crippen LogP contribution in [0, 0.1) is 11.3 Å². The molecule has 0 saturated heterocycles. The molecule has 0 saturated carbocycles. The van der Waals surface area contributed by atoms with Crippen molar-refractivity contribution in [3.63, 3.8) is 0 Å². The number of anilines is 1. The summed E-state index contributed by atoms with van der Waals surface area (Å²) in [5.41, 5.74) is 1.20. The molecule has 3 rings (SSSR count). The van der Waals surface area contributed by atoms with Gasteiger partial charge in [0.25, 0.3) is 5.22 Å². The molecule has 0 atom stereocenters. The van der Waals surface area contributed by atoms with Gasteiger partial charge in [-0.15, -0.1) is 21.5 Å². The van der Waals surface area contributed by atoms with Crippen molar-refractivity contribution in [1.82, 2.24) is 10.2 Å². The zero-order valence-corrected chi connectivity index (χ0v) is 14.4. The van der Waals surface area contributed by atoms with Crippen molar-refractivity contribution in [2.24, 2.45) is 0 Å². The van der Waals surface area contributed by atoms with E-state index in [0.29, 0.717) is 26.7 Å². The van der Waals surface area contributed by atoms with Crippen molar-refractivity contribution in [3.05, 3.63) is 46.3 Å². The second-order valence-corrected chi connectivity index (χ2v) is 6.77. The first-order chi connectivity index (χ1) is 11.7. The van der Waals surface area contributed by atoms with E-state index in [9.17, 15) is 4.79 Å². The Morgan fingerprint density at radius 1 is 1.33 bits per heavy atom. The molecule has 0 aliphatic carbocycles. The second kappa shape index (κ2) is 7.49. The van der Waals surface area contributed by atoms with Crippen LogP contribution in [0.2, 0.25) is 5.02 Å². The van der Waals surface area contributed by atoms with Crippen molar-refractivity contribution < 1.29 is 9.21 Å². The highest BCUT2D eigenvalue weighted by atomic mass is 35.5. The highest BCUT2D eigenvalue weighted by Crippen LogP contribution is 2.25. The number of nitrogens with zero attached hydrogens (tertiary/aromatic N) is 3. The molecule has 0 aliphatic rings. The summed E-state index contributed by atoms with van der Waals surface area (Å²) in [5.74, 6) is 0.218. The van der Waals surface area contributed by atoms with Crippen LogP contribution in [-0.4, -0.2) is 21.9 Å². The summed E-state index contributed by atoms with van der Waals surface area (Å²) >= 11 is 8.26. The predicted octanol–water partition coefficient (Wildman–Crippen LogP) is 4.05. The Hall–Kier alpha value is -2.34. The van der Waals surface area contributed by atoms with Gasteiger partial charge >= 0.3 is 0 Å². The molecular formula is C15H9ClN4O2S2. The third-order valence-electron chi connectivity index (χ3n) is 2.86. The largest absolute Gasteiger partial charge is 0.411 e. The molecule has 120 valence electrons. The molecule has 1 aromatic carbocycles. The zero-order valence-electron chi connectivity index (χ0n) is 12.0. The van der Waals surface area contributed by atoms with Gasteiger partial charge in [0.1, 0.15) is 11.1 Å². The van der Waals surface area contributed by atoms with Crippen LogP contribution in [0.4, 0.5) is 5.00 Å². The third-order valence-corrected chi connectivity index (χ3v) is 4.76. The molecule has 2 heterocycles. The van der Waals surface area contributed by atoms with Gasteiger partial charge in [0, 0.05) is 10.6 Å². The quantitative estimate of drug-likeness (QED) is 0.675. The van der Waals surface area contributed by atoms with E-state index in [2.05, 4.69) is 15.5 Å². The minimum Gasteiger partial charge on any atom is -0.411 e. The van der Waals surface area contributed by atoms with Crippen molar-refractivity contribution in [2.75, 3.05) is 11.1 Å². The molecule has 2 aromatic heterocycles. The number of halogens is 1. The number of carbonyl (C=O) groups excluding carboxylic acids is 1. The number of amides is 1. The lowest BCUT2D eigenvalue weighted by Gasteiger charge is -2.01. The third kappa shape index (κ3) is 3.94. The van der Waals surface area contributed by atoms with Gasteiger partial charge in [0.05, 0.1) is 11.3 Å². The van der Waals surface area contributed by atoms with Crippen molar-refractivity contribution >= 4 is 45.6 Å². The Morgan fingerprint density at radius 3 is 2.88 bits per heavy atom. The first-order valence-corrected chi connectivity index (χ1v) is 8.89. The van der Waals surface area contributed by atoms with Crippen LogP contribution in [0.25, 0.3) is 11.5 Å². The number of hydrogen-bond donors (Lipinski definition) is 1. The van der Waals surface area contributed by atoms with E-state index in [0.717, 1.165) is 17.3 Å². The number of nitriles is 1. The van der Waals surface area contributed by atoms with Crippen LogP contribution >= 0.6 is 34.7 Å². The number of rotatable bonds is 5. The number of hydrogen-bond acceptors (Lipinski definition) is 7. The van der Waals surface area contributed by atoms with Crippen LogP contribution in [0.1, 0.15) is 5.56 Å². The van der Waals surface area contributed by atoms with E-state index in [1.54, 1.807) is 35.7 Å². The number of thiophene rings is 1. The monoisotopic (exact) mass is 376 g/mol. The number of carbonyl (C=O) groups is 1. The van der Waals surface area contributed by atoms with Crippen molar-refractivity contribution in [3.8, 4) is 17.5 Å². The molecule has 0 fully saturated rings. The fraction of sp³-hybridized carbons (Fsp3) is 0.0667. The van der Waals surface area contributed by atoms with Crippen LogP contribution < -0.4 is 5.32 Å². The Kier molecular flexibility index (Phi) is 5.15. The fourth-order valence-electron chi connectivity index (χ4n) is 1.76. The number of benzene rings is 1. The van der Waals surface area contributed by atoms with Crippen LogP contribution in [0.3, 0.4) is 0 Å². The lowest BCUT2D eigenvalue weighted by molar-refractivity contribution is -0.113. The van der Waals surface area contributed by atoms with E-state index in [-0.39, 0.29) is 11.7 Å². The van der Waals surface area contributed by atoms with Gasteiger partial charge in [-0.3, -0.25) is 4.79 Å². The van der Waals surface area contributed by atoms with E-state index in [1.165, 1.54) is 11.3 Å². The molecule has 0 unspecified atom stereocenters. The van der Waals surface area contributed by atoms with Gasteiger partial charge in [-0.25, -0.2) is 0 Å². The SMILES string of the molecule is N#Cc1ccsc1NC(=O)CSc1nnc(-c2ccc(Cl)cc2)o1. The molecule has 0 aliphatic heterocycles. The molecule has 6 nitrogen and oxygen atoms in total. The molecule has 9 heteroatoms. The Bertz CT molecular complexity index is 899. The lowest BCUT2D eigenvalue weighted by Crippen LogP contribution is -2.13. The van der Waals surface area contributed by atoms with E-state index in [1.807, 2.05) is 6.07 Å². The summed E-state index contributed by atoms with van der Waals surface area (Å²) in [7, 11) is 0. The zero-order chi connectivity index (χ0) is 16.9. The Labute approximate surface area is 150 Å². The van der Waals surface area contributed by atoms with Gasteiger partial charge < -0.3 is 9.73 Å². The number of thioether (sulfide) groups is 1. The highest BCUT2D eigenvalue weighted by molar-refractivity contribution is 7.99. The highest BCUT2D eigenvalue weighted by Gasteiger charge is 2.13. The summed E-state index contributed by atoms with van der Waals surface area (Å²) in [4.78, 5) is 11.9. The summed E-state index contributed by atoms with van der Waals surface area (Å²) in [6.45, 7) is 0. The summed E-state index contributed by atoms with van der Waals surface area (Å²) < 4.78 is 5.51. The summed E-state index contributed by atoms with van der Waals surface area (Å²) in [6, 6.07) is 10.7. The number of aromatic nitrogens is 2. The maximum absolute atomic E-state index is 11.9. The molecule has 0 radical (unpaired) electrons. The second-order valence-electron chi connectivity index (χ2n) is 4.49. The number of nitrogens with one attached hydrogen (secondary N) is 1. The predicted molar refractivity (Wildman–Crippen MR) is 93.1 cm³/mol. The standard InChI is InChI=1S/C15H9ClN4O2S2/c16-11-3-1-9(2-4-11)13-19-20-15(22-13)24-8-12(21)18-14-10(7-17)5-6-23-14/h1-6H,8H2,(H,18,21). The van der Waals surface area contributed by atoms with Crippen LogP contribution in [0.15, 0.2) is 45.4 Å². The fourth-order valence-corrected chi connectivity index (χ4v) is 3.20. The van der Waals surface area contributed by atoms with Gasteiger partial charge in [-0.1, -0.05) is 23.4 Å². The molecule has 0 bridgehead atoms. The van der Waals surface area contributed by atoms with Crippen LogP contribution in [-0.2, 0) is 4.79 Å². The van der Waals surface area contributed by atoms with Gasteiger partial charge in [0.2, 0.25) is 11.8 Å². The van der Waals surface area contributed by atoms with Crippen molar-refractivity contribution in [2.45, 2.75) is 5.22 Å². The summed E-state index contributed by atoms with van der Waals surface area (Å²) in [6.07, 6.45) is 0. The minimum atomic E-state index is -0.245. The lowest BCUT2D eigenvalue weighted by atomic mass is 10.2. The Balaban J connectivity index is 1.58. The van der Waals surface area contributed by atoms with Gasteiger partial charge in [-0.2, -0.15) is 5.26 Å². The van der Waals surface area contributed by atoms with E-state index < -0.39 is 0 Å². The van der Waals surface area contributed by atoms with Gasteiger partial charge in [-0.05, 0) is 35.7 Å². The minimum absolute atomic E-state index is 0.102. The molecule has 1 amide bonds. The molecule has 1 N–H and O–H groups in total. The molecule has 24 heavy (non-hydrogen) atoms. The van der Waals surface area contributed by atoms with Gasteiger partial charge in [0.15, 0.2) is 0 Å². The molecular weight excluding hydrogens is 368 g/mol. The summed E-state index contributed by atoms with van der Waals surface area (Å²) in [5, 5.41) is 22.6. The van der Waals surface area contributed by atoms with Crippen molar-refractivity contribution in [1.29, 1.82) is 5.26 Å². The smallest absolute Gasteiger partial charge is 0.277 e. The van der Waals surface area contributed by atoms with E-state index >= 15 is 0 Å². The maximum atomic E-state index is 11.9. The molecule has 0 spiro atoms. The normalized spacial score (nSPS) is 10.3. The first-order valence-electron chi connectivity index (χ1n) is 6.65. The van der Waals surface area contributed by atoms with E-state index in [4.69, 9.17) is 21.3 Å². The first kappa shape index (κ1) is 16.5. The maximum Gasteiger partial charge on any atom is 0.277 e. The van der Waals surface area contributed by atoms with Crippen LogP contribution in [0.5, 0.6) is 0 Å². The molecule has 3 aromatic rings. The average Bonchev–Trinajstić information content (AvgIpc) is 3.22. The topological polar surface area (TPSA) is 91.8 Å².